The molecule has 8 heteroatoms. The van der Waals surface area contributed by atoms with Crippen LogP contribution in [0.1, 0.15) is 11.3 Å². The molecule has 1 heterocycles. The molecule has 7 nitrogen and oxygen atoms in total. The van der Waals surface area contributed by atoms with Crippen LogP contribution in [0.5, 0.6) is 0 Å². The molecule has 3 aromatic rings. The Kier molecular flexibility index (Phi) is 6.36. The first-order valence-corrected chi connectivity index (χ1v) is 8.84. The van der Waals surface area contributed by atoms with Crippen molar-refractivity contribution in [1.29, 1.82) is 0 Å². The number of benzene rings is 2. The molecule has 0 atom stereocenters. The number of anilines is 1. The van der Waals surface area contributed by atoms with Crippen molar-refractivity contribution in [3.05, 3.63) is 59.9 Å². The largest absolute Gasteiger partial charge is 0.378 e. The maximum Gasteiger partial charge on any atom is 0.262 e. The molecule has 3 rings (SSSR count). The third-order valence-electron chi connectivity index (χ3n) is 3.58. The zero-order valence-corrected chi connectivity index (χ0v) is 15.3. The summed E-state index contributed by atoms with van der Waals surface area (Å²) < 4.78 is 41.5. The lowest BCUT2D eigenvalue weighted by atomic mass is 10.1. The SMILES string of the molecule is CN(C)c1ccc(/C=C/c2o[n+](C)c3ccccc23)cc1.[O-][Cl+3]([O-])([O-])[O-]. The highest BCUT2D eigenvalue weighted by Gasteiger charge is 2.14. The van der Waals surface area contributed by atoms with Gasteiger partial charge in [0.1, 0.15) is 5.39 Å². The van der Waals surface area contributed by atoms with E-state index in [1.54, 1.807) is 4.74 Å². The van der Waals surface area contributed by atoms with Crippen molar-refractivity contribution < 1.29 is 38.1 Å². The number of fused-ring (bicyclic) bond motifs is 1. The molecule has 0 saturated carbocycles. The summed E-state index contributed by atoms with van der Waals surface area (Å²) in [5.41, 5.74) is 3.45. The van der Waals surface area contributed by atoms with Crippen LogP contribution in [-0.4, -0.2) is 14.1 Å². The first-order chi connectivity index (χ1) is 12.1. The van der Waals surface area contributed by atoms with E-state index in [4.69, 9.17) is 23.2 Å². The van der Waals surface area contributed by atoms with Gasteiger partial charge in [-0.3, -0.25) is 0 Å². The van der Waals surface area contributed by atoms with Crippen LogP contribution in [0.3, 0.4) is 0 Å². The van der Waals surface area contributed by atoms with Gasteiger partial charge >= 0.3 is 0 Å². The Labute approximate surface area is 153 Å². The third kappa shape index (κ3) is 5.83. The molecule has 0 saturated heterocycles. The van der Waals surface area contributed by atoms with Crippen molar-refractivity contribution in [1.82, 2.24) is 0 Å². The van der Waals surface area contributed by atoms with Crippen molar-refractivity contribution in [3.8, 4) is 0 Å². The van der Waals surface area contributed by atoms with Gasteiger partial charge in [0.2, 0.25) is 5.76 Å². The Morgan fingerprint density at radius 1 is 0.923 bits per heavy atom. The minimum Gasteiger partial charge on any atom is -0.378 e. The van der Waals surface area contributed by atoms with Crippen LogP contribution >= 0.6 is 0 Å². The fourth-order valence-electron chi connectivity index (χ4n) is 2.38. The molecular weight excluding hydrogens is 360 g/mol. The van der Waals surface area contributed by atoms with E-state index >= 15 is 0 Å². The highest BCUT2D eigenvalue weighted by molar-refractivity contribution is 5.86. The van der Waals surface area contributed by atoms with E-state index in [2.05, 4.69) is 47.4 Å². The predicted octanol–water partition coefficient (Wildman–Crippen LogP) is -1.26. The highest BCUT2D eigenvalue weighted by atomic mass is 35.7. The number of hydrogen-bond donors (Lipinski definition) is 0. The Morgan fingerprint density at radius 2 is 1.50 bits per heavy atom. The summed E-state index contributed by atoms with van der Waals surface area (Å²) in [7, 11) is 1.06. The molecule has 0 unspecified atom stereocenters. The number of para-hydroxylation sites is 1. The fraction of sp³-hybridized carbons (Fsp3) is 0.167. The van der Waals surface area contributed by atoms with Crippen LogP contribution in [0.2, 0.25) is 0 Å². The first-order valence-electron chi connectivity index (χ1n) is 7.60. The van der Waals surface area contributed by atoms with Crippen LogP contribution in [-0.2, 0) is 7.05 Å². The molecule has 0 aliphatic rings. The van der Waals surface area contributed by atoms with Crippen molar-refractivity contribution in [2.45, 2.75) is 0 Å². The molecule has 0 radical (unpaired) electrons. The Morgan fingerprint density at radius 3 is 2.08 bits per heavy atom. The standard InChI is InChI=1S/C18H19N2O.ClHO4/c1-19(2)15-11-8-14(9-12-15)10-13-18-16-6-4-5-7-17(16)20(3)21-18;2-1(3,4)5/h4-13H,1-3H3;(H,2,3,4,5)/q+1;/p-1. The lowest BCUT2D eigenvalue weighted by molar-refractivity contribution is -2.00. The smallest absolute Gasteiger partial charge is 0.262 e. The van der Waals surface area contributed by atoms with Crippen LogP contribution in [0.25, 0.3) is 23.1 Å². The van der Waals surface area contributed by atoms with Crippen molar-refractivity contribution in [2.24, 2.45) is 7.05 Å². The van der Waals surface area contributed by atoms with Gasteiger partial charge in [0.15, 0.2) is 7.05 Å². The Balaban J connectivity index is 0.000000431. The maximum absolute atomic E-state index is 8.49. The van der Waals surface area contributed by atoms with Gasteiger partial charge in [-0.15, -0.1) is 10.2 Å². The summed E-state index contributed by atoms with van der Waals surface area (Å²) in [6, 6.07) is 16.6. The second kappa shape index (κ2) is 8.31. The quantitative estimate of drug-likeness (QED) is 0.526. The molecule has 26 heavy (non-hydrogen) atoms. The van der Waals surface area contributed by atoms with E-state index in [1.807, 2.05) is 39.4 Å². The van der Waals surface area contributed by atoms with E-state index < -0.39 is 10.2 Å². The molecule has 0 N–H and O–H groups in total. The number of nitrogens with zero attached hydrogens (tertiary/aromatic N) is 2. The van der Waals surface area contributed by atoms with Crippen molar-refractivity contribution in [3.63, 3.8) is 0 Å². The summed E-state index contributed by atoms with van der Waals surface area (Å²) in [4.78, 5) is 2.09. The molecule has 0 amide bonds. The van der Waals surface area contributed by atoms with Crippen molar-refractivity contribution in [2.75, 3.05) is 19.0 Å². The van der Waals surface area contributed by atoms with Crippen LogP contribution in [0.4, 0.5) is 5.69 Å². The maximum atomic E-state index is 8.49. The van der Waals surface area contributed by atoms with Gasteiger partial charge in [-0.1, -0.05) is 30.3 Å². The summed E-state index contributed by atoms with van der Waals surface area (Å²) in [6.07, 6.45) is 4.09. The molecule has 138 valence electrons. The molecular formula is C18H19ClN2O5. The second-order valence-electron chi connectivity index (χ2n) is 5.67. The fourth-order valence-corrected chi connectivity index (χ4v) is 2.38. The van der Waals surface area contributed by atoms with Gasteiger partial charge in [0.05, 0.1) is 0 Å². The Bertz CT molecular complexity index is 877. The van der Waals surface area contributed by atoms with Crippen LogP contribution in [0, 0.1) is 10.2 Å². The van der Waals surface area contributed by atoms with Gasteiger partial charge in [0, 0.05) is 25.8 Å². The number of rotatable bonds is 3. The average molecular weight is 379 g/mol. The number of aromatic nitrogens is 1. The number of halogens is 1. The van der Waals surface area contributed by atoms with Gasteiger partial charge < -0.3 is 4.90 Å². The first kappa shape index (κ1) is 19.9. The van der Waals surface area contributed by atoms with E-state index in [-0.39, 0.29) is 0 Å². The molecule has 0 aliphatic heterocycles. The average Bonchev–Trinajstić information content (AvgIpc) is 2.88. The lowest BCUT2D eigenvalue weighted by Crippen LogP contribution is -2.68. The normalized spacial score (nSPS) is 11.5. The molecule has 0 spiro atoms. The molecule has 0 aliphatic carbocycles. The highest BCUT2D eigenvalue weighted by Crippen LogP contribution is 2.19. The van der Waals surface area contributed by atoms with Gasteiger partial charge in [-0.2, -0.15) is 0 Å². The summed E-state index contributed by atoms with van der Waals surface area (Å²) in [5, 5.41) is 1.13. The number of aryl methyl sites for hydroxylation is 1. The van der Waals surface area contributed by atoms with Crippen LogP contribution < -0.4 is 28.3 Å². The zero-order chi connectivity index (χ0) is 19.3. The van der Waals surface area contributed by atoms with E-state index in [1.165, 1.54) is 5.69 Å². The predicted molar refractivity (Wildman–Crippen MR) is 87.1 cm³/mol. The van der Waals surface area contributed by atoms with E-state index in [0.29, 0.717) is 0 Å². The molecule has 1 aromatic heterocycles. The van der Waals surface area contributed by atoms with E-state index in [9.17, 15) is 0 Å². The van der Waals surface area contributed by atoms with Gasteiger partial charge in [-0.25, -0.2) is 23.2 Å². The Hall–Kier alpha value is -2.42. The molecule has 0 fully saturated rings. The van der Waals surface area contributed by atoms with Gasteiger partial charge in [0.25, 0.3) is 5.52 Å². The minimum absolute atomic E-state index is 0.879. The summed E-state index contributed by atoms with van der Waals surface area (Å²) in [5.74, 6) is 0.879. The topological polar surface area (TPSA) is 112 Å². The minimum atomic E-state index is -4.94. The lowest BCUT2D eigenvalue weighted by Gasteiger charge is -2.17. The summed E-state index contributed by atoms with van der Waals surface area (Å²) >= 11 is 0. The van der Waals surface area contributed by atoms with E-state index in [0.717, 1.165) is 22.2 Å². The summed E-state index contributed by atoms with van der Waals surface area (Å²) in [6.45, 7) is 0. The molecule has 0 bridgehead atoms. The van der Waals surface area contributed by atoms with Crippen molar-refractivity contribution >= 4 is 28.7 Å². The van der Waals surface area contributed by atoms with Gasteiger partial charge in [-0.05, 0) is 34.6 Å². The van der Waals surface area contributed by atoms with Crippen LogP contribution in [0.15, 0.2) is 53.1 Å². The zero-order valence-electron chi connectivity index (χ0n) is 14.6. The monoisotopic (exact) mass is 378 g/mol. The second-order valence-corrected chi connectivity index (χ2v) is 6.42. The molecule has 2 aromatic carbocycles. The third-order valence-corrected chi connectivity index (χ3v) is 3.58. The number of hydrogen-bond acceptors (Lipinski definition) is 6.